The number of benzene rings is 1. The Morgan fingerprint density at radius 1 is 1.12 bits per heavy atom. The number of esters is 1. The summed E-state index contributed by atoms with van der Waals surface area (Å²) >= 11 is 0. The molecule has 0 aliphatic heterocycles. The van der Waals surface area contributed by atoms with Crippen molar-refractivity contribution in [2.24, 2.45) is 0 Å². The molecule has 1 unspecified atom stereocenters. The van der Waals surface area contributed by atoms with E-state index in [2.05, 4.69) is 0 Å². The standard InChI is InChI=1S/C26H30N2O6/c1-7-27-17(3)22(16(2)23(27)26(31)33-6)24(29)18(4)28(15-21-12-9-13-34-21)25(30)19-10-8-11-20(14-19)32-5/h8-14,18H,7,15H2,1-6H3. The van der Waals surface area contributed by atoms with Crippen LogP contribution in [0, 0.1) is 13.8 Å². The molecule has 0 aliphatic carbocycles. The molecule has 1 amide bonds. The Balaban J connectivity index is 2.05. The van der Waals surface area contributed by atoms with Gasteiger partial charge in [-0.2, -0.15) is 0 Å². The lowest BCUT2D eigenvalue weighted by atomic mass is 9.99. The van der Waals surface area contributed by atoms with Gasteiger partial charge in [-0.05, 0) is 63.6 Å². The van der Waals surface area contributed by atoms with Crippen LogP contribution < -0.4 is 4.74 Å². The van der Waals surface area contributed by atoms with Crippen molar-refractivity contribution in [3.63, 3.8) is 0 Å². The highest BCUT2D eigenvalue weighted by Crippen LogP contribution is 2.27. The van der Waals surface area contributed by atoms with E-state index in [-0.39, 0.29) is 18.2 Å². The van der Waals surface area contributed by atoms with E-state index >= 15 is 0 Å². The number of hydrogen-bond donors (Lipinski definition) is 0. The maximum atomic E-state index is 13.8. The number of aromatic nitrogens is 1. The topological polar surface area (TPSA) is 91.0 Å². The number of Topliss-reactive ketones (excluding diaryl/α,β-unsaturated/α-hetero) is 1. The molecular formula is C26H30N2O6. The Labute approximate surface area is 199 Å². The average Bonchev–Trinajstić information content (AvgIpc) is 3.45. The molecule has 8 heteroatoms. The Morgan fingerprint density at radius 3 is 2.44 bits per heavy atom. The van der Waals surface area contributed by atoms with Crippen LogP contribution in [0.1, 0.15) is 62.1 Å². The minimum Gasteiger partial charge on any atom is -0.497 e. The third kappa shape index (κ3) is 4.62. The summed E-state index contributed by atoms with van der Waals surface area (Å²) in [7, 11) is 2.84. The van der Waals surface area contributed by atoms with Gasteiger partial charge in [-0.1, -0.05) is 6.07 Å². The van der Waals surface area contributed by atoms with Crippen LogP contribution in [0.2, 0.25) is 0 Å². The summed E-state index contributed by atoms with van der Waals surface area (Å²) < 4.78 is 17.4. The molecule has 0 fully saturated rings. The molecule has 0 aliphatic rings. The van der Waals surface area contributed by atoms with Crippen molar-refractivity contribution < 1.29 is 28.3 Å². The molecule has 2 heterocycles. The normalized spacial score (nSPS) is 11.7. The smallest absolute Gasteiger partial charge is 0.354 e. The number of ketones is 1. The lowest BCUT2D eigenvalue weighted by Gasteiger charge is -2.28. The molecule has 3 rings (SSSR count). The van der Waals surface area contributed by atoms with Crippen molar-refractivity contribution in [2.75, 3.05) is 14.2 Å². The molecule has 8 nitrogen and oxygen atoms in total. The Bertz CT molecular complexity index is 1190. The van der Waals surface area contributed by atoms with Crippen molar-refractivity contribution in [2.45, 2.75) is 46.8 Å². The number of methoxy groups -OCH3 is 2. The van der Waals surface area contributed by atoms with E-state index in [1.54, 1.807) is 61.7 Å². The van der Waals surface area contributed by atoms with Crippen LogP contribution >= 0.6 is 0 Å². The van der Waals surface area contributed by atoms with Crippen LogP contribution in [0.4, 0.5) is 0 Å². The number of carbonyl (C=O) groups is 3. The van der Waals surface area contributed by atoms with Gasteiger partial charge in [0.1, 0.15) is 17.2 Å². The second-order valence-electron chi connectivity index (χ2n) is 7.95. The quantitative estimate of drug-likeness (QED) is 0.342. The largest absolute Gasteiger partial charge is 0.497 e. The second-order valence-corrected chi connectivity index (χ2v) is 7.95. The Kier molecular flexibility index (Phi) is 7.61. The van der Waals surface area contributed by atoms with Crippen LogP contribution in [0.5, 0.6) is 5.75 Å². The van der Waals surface area contributed by atoms with Crippen LogP contribution in [-0.2, 0) is 17.8 Å². The predicted octanol–water partition coefficient (Wildman–Crippen LogP) is 4.43. The monoisotopic (exact) mass is 466 g/mol. The third-order valence-electron chi connectivity index (χ3n) is 6.04. The first-order valence-corrected chi connectivity index (χ1v) is 11.0. The van der Waals surface area contributed by atoms with E-state index in [0.29, 0.717) is 46.1 Å². The second kappa shape index (κ2) is 10.4. The van der Waals surface area contributed by atoms with Crippen LogP contribution in [-0.4, -0.2) is 47.4 Å². The summed E-state index contributed by atoms with van der Waals surface area (Å²) in [5.41, 5.74) is 2.34. The number of nitrogens with zero attached hydrogens (tertiary/aromatic N) is 2. The van der Waals surface area contributed by atoms with Crippen LogP contribution in [0.25, 0.3) is 0 Å². The molecule has 1 aromatic carbocycles. The third-order valence-corrected chi connectivity index (χ3v) is 6.04. The number of ether oxygens (including phenoxy) is 2. The number of furan rings is 1. The molecule has 1 atom stereocenters. The predicted molar refractivity (Wildman–Crippen MR) is 126 cm³/mol. The molecule has 2 aromatic heterocycles. The van der Waals surface area contributed by atoms with E-state index in [1.807, 2.05) is 6.92 Å². The maximum Gasteiger partial charge on any atom is 0.354 e. The highest BCUT2D eigenvalue weighted by molar-refractivity contribution is 6.07. The fraction of sp³-hybridized carbons (Fsp3) is 0.346. The molecule has 0 saturated heterocycles. The number of rotatable bonds is 9. The van der Waals surface area contributed by atoms with Crippen LogP contribution in [0.3, 0.4) is 0 Å². The summed E-state index contributed by atoms with van der Waals surface area (Å²) in [6.07, 6.45) is 1.52. The van der Waals surface area contributed by atoms with E-state index in [0.717, 1.165) is 0 Å². The molecular weight excluding hydrogens is 436 g/mol. The van der Waals surface area contributed by atoms with Gasteiger partial charge in [-0.25, -0.2) is 4.79 Å². The molecule has 34 heavy (non-hydrogen) atoms. The highest BCUT2D eigenvalue weighted by atomic mass is 16.5. The van der Waals surface area contributed by atoms with E-state index in [1.165, 1.54) is 25.4 Å². The molecule has 180 valence electrons. The molecule has 3 aromatic rings. The fourth-order valence-electron chi connectivity index (χ4n) is 4.24. The number of amides is 1. The van der Waals surface area contributed by atoms with Crippen molar-refractivity contribution in [1.82, 2.24) is 9.47 Å². The Morgan fingerprint density at radius 2 is 1.85 bits per heavy atom. The van der Waals surface area contributed by atoms with E-state index < -0.39 is 12.0 Å². The first kappa shape index (κ1) is 24.8. The van der Waals surface area contributed by atoms with Gasteiger partial charge in [0.05, 0.1) is 33.1 Å². The van der Waals surface area contributed by atoms with Gasteiger partial charge in [0.2, 0.25) is 0 Å². The zero-order valence-electron chi connectivity index (χ0n) is 20.4. The number of hydrogen-bond acceptors (Lipinski definition) is 6. The first-order chi connectivity index (χ1) is 16.2. The van der Waals surface area contributed by atoms with Crippen molar-refractivity contribution in [3.8, 4) is 5.75 Å². The average molecular weight is 467 g/mol. The SMILES string of the molecule is CCn1c(C)c(C(=O)C(C)N(Cc2ccco2)C(=O)c2cccc(OC)c2)c(C)c1C(=O)OC. The lowest BCUT2D eigenvalue weighted by Crippen LogP contribution is -2.43. The highest BCUT2D eigenvalue weighted by Gasteiger charge is 2.33. The first-order valence-electron chi connectivity index (χ1n) is 11.0. The molecule has 0 radical (unpaired) electrons. The minimum atomic E-state index is -0.834. The molecule has 0 spiro atoms. The van der Waals surface area contributed by atoms with E-state index in [4.69, 9.17) is 13.9 Å². The Hall–Kier alpha value is -3.81. The van der Waals surface area contributed by atoms with Gasteiger partial charge in [0.15, 0.2) is 5.78 Å². The number of carbonyl (C=O) groups excluding carboxylic acids is 3. The summed E-state index contributed by atoms with van der Waals surface area (Å²) in [5, 5.41) is 0. The van der Waals surface area contributed by atoms with Crippen molar-refractivity contribution >= 4 is 17.7 Å². The van der Waals surface area contributed by atoms with Gasteiger partial charge in [0.25, 0.3) is 5.91 Å². The molecule has 0 N–H and O–H groups in total. The summed E-state index contributed by atoms with van der Waals surface area (Å²) in [6.45, 7) is 7.70. The van der Waals surface area contributed by atoms with E-state index in [9.17, 15) is 14.4 Å². The van der Waals surface area contributed by atoms with Gasteiger partial charge >= 0.3 is 5.97 Å². The molecule has 0 saturated carbocycles. The van der Waals surface area contributed by atoms with Crippen LogP contribution in [0.15, 0.2) is 47.1 Å². The maximum absolute atomic E-state index is 13.8. The lowest BCUT2D eigenvalue weighted by molar-refractivity contribution is 0.0585. The van der Waals surface area contributed by atoms with Crippen molar-refractivity contribution in [3.05, 3.63) is 76.5 Å². The zero-order chi connectivity index (χ0) is 25.0. The van der Waals surface area contributed by atoms with Gasteiger partial charge in [-0.15, -0.1) is 0 Å². The summed E-state index contributed by atoms with van der Waals surface area (Å²) in [4.78, 5) is 41.3. The van der Waals surface area contributed by atoms with Gasteiger partial charge < -0.3 is 23.4 Å². The summed E-state index contributed by atoms with van der Waals surface area (Å²) in [6, 6.07) is 9.43. The van der Waals surface area contributed by atoms with Gasteiger partial charge in [0, 0.05) is 23.4 Å². The minimum absolute atomic E-state index is 0.104. The fourth-order valence-corrected chi connectivity index (χ4v) is 4.24. The molecule has 0 bridgehead atoms. The zero-order valence-corrected chi connectivity index (χ0v) is 20.4. The van der Waals surface area contributed by atoms with Crippen molar-refractivity contribution in [1.29, 1.82) is 0 Å². The summed E-state index contributed by atoms with van der Waals surface area (Å²) in [5.74, 6) is -0.0262. The van der Waals surface area contributed by atoms with Gasteiger partial charge in [-0.3, -0.25) is 9.59 Å².